The molecule has 3 nitrogen and oxygen atoms in total. The highest BCUT2D eigenvalue weighted by Gasteiger charge is 2.09. The predicted octanol–water partition coefficient (Wildman–Crippen LogP) is 3.08. The zero-order valence-corrected chi connectivity index (χ0v) is 10.5. The maximum Gasteiger partial charge on any atom is 0.159 e. The van der Waals surface area contributed by atoms with Crippen molar-refractivity contribution in [2.24, 2.45) is 0 Å². The molecule has 18 heavy (non-hydrogen) atoms. The molecule has 0 fully saturated rings. The van der Waals surface area contributed by atoms with E-state index in [1.165, 1.54) is 12.1 Å². The summed E-state index contributed by atoms with van der Waals surface area (Å²) in [7, 11) is 0. The van der Waals surface area contributed by atoms with Gasteiger partial charge < -0.3 is 0 Å². The standard InChI is InChI=1S/C14H12FN3/c1-8-9(2)17-14(18-10(8)3)11-4-5-13(15)12(6-11)7-16/h4-6H,1-3H3. The number of aromatic nitrogens is 2. The van der Waals surface area contributed by atoms with Crippen LogP contribution in [0.4, 0.5) is 4.39 Å². The molecule has 0 aliphatic heterocycles. The van der Waals surface area contributed by atoms with Crippen LogP contribution in [0.2, 0.25) is 0 Å². The lowest BCUT2D eigenvalue weighted by Gasteiger charge is -2.07. The lowest BCUT2D eigenvalue weighted by Crippen LogP contribution is -1.99. The van der Waals surface area contributed by atoms with Crippen molar-refractivity contribution in [1.82, 2.24) is 9.97 Å². The second-order valence-electron chi connectivity index (χ2n) is 4.15. The van der Waals surface area contributed by atoms with Gasteiger partial charge in [-0.25, -0.2) is 14.4 Å². The molecule has 0 unspecified atom stereocenters. The first-order valence-electron chi connectivity index (χ1n) is 5.55. The Morgan fingerprint density at radius 3 is 2.28 bits per heavy atom. The number of aryl methyl sites for hydroxylation is 2. The van der Waals surface area contributed by atoms with E-state index < -0.39 is 5.82 Å². The van der Waals surface area contributed by atoms with E-state index in [4.69, 9.17) is 5.26 Å². The third-order valence-corrected chi connectivity index (χ3v) is 2.98. The van der Waals surface area contributed by atoms with E-state index in [1.807, 2.05) is 26.8 Å². The van der Waals surface area contributed by atoms with E-state index in [9.17, 15) is 4.39 Å². The largest absolute Gasteiger partial charge is 0.233 e. The summed E-state index contributed by atoms with van der Waals surface area (Å²) in [6, 6.07) is 6.14. The molecule has 0 N–H and O–H groups in total. The van der Waals surface area contributed by atoms with Gasteiger partial charge in [-0.1, -0.05) is 0 Å². The lowest BCUT2D eigenvalue weighted by atomic mass is 10.1. The monoisotopic (exact) mass is 241 g/mol. The summed E-state index contributed by atoms with van der Waals surface area (Å²) >= 11 is 0. The molecule has 90 valence electrons. The summed E-state index contributed by atoms with van der Waals surface area (Å²) in [5.74, 6) is -0.00564. The predicted molar refractivity (Wildman–Crippen MR) is 66.4 cm³/mol. The Balaban J connectivity index is 2.60. The van der Waals surface area contributed by atoms with Gasteiger partial charge in [-0.15, -0.1) is 0 Å². The Labute approximate surface area is 105 Å². The Morgan fingerprint density at radius 1 is 1.11 bits per heavy atom. The second kappa shape index (κ2) is 4.53. The third-order valence-electron chi connectivity index (χ3n) is 2.98. The molecular formula is C14H12FN3. The Hall–Kier alpha value is -2.28. The van der Waals surface area contributed by atoms with Crippen molar-refractivity contribution >= 4 is 0 Å². The van der Waals surface area contributed by atoms with Gasteiger partial charge >= 0.3 is 0 Å². The second-order valence-corrected chi connectivity index (χ2v) is 4.15. The number of rotatable bonds is 1. The van der Waals surface area contributed by atoms with Crippen LogP contribution in [0.25, 0.3) is 11.4 Å². The number of hydrogen-bond acceptors (Lipinski definition) is 3. The van der Waals surface area contributed by atoms with Gasteiger partial charge in [-0.2, -0.15) is 5.26 Å². The summed E-state index contributed by atoms with van der Waals surface area (Å²) in [6.45, 7) is 5.77. The minimum Gasteiger partial charge on any atom is -0.233 e. The number of hydrogen-bond donors (Lipinski definition) is 0. The van der Waals surface area contributed by atoms with Gasteiger partial charge in [0.05, 0.1) is 5.56 Å². The normalized spacial score (nSPS) is 10.2. The fourth-order valence-corrected chi connectivity index (χ4v) is 1.65. The molecule has 2 aromatic rings. The van der Waals surface area contributed by atoms with E-state index in [-0.39, 0.29) is 5.56 Å². The smallest absolute Gasteiger partial charge is 0.159 e. The molecule has 0 saturated heterocycles. The molecule has 1 heterocycles. The van der Waals surface area contributed by atoms with Crippen molar-refractivity contribution in [3.05, 3.63) is 46.5 Å². The van der Waals surface area contributed by atoms with Gasteiger partial charge in [-0.3, -0.25) is 0 Å². The van der Waals surface area contributed by atoms with E-state index in [0.29, 0.717) is 11.4 Å². The number of benzene rings is 1. The summed E-state index contributed by atoms with van der Waals surface area (Å²) in [6.07, 6.45) is 0. The highest BCUT2D eigenvalue weighted by molar-refractivity contribution is 5.58. The van der Waals surface area contributed by atoms with Gasteiger partial charge in [0.1, 0.15) is 11.9 Å². The average molecular weight is 241 g/mol. The highest BCUT2D eigenvalue weighted by atomic mass is 19.1. The first-order valence-corrected chi connectivity index (χ1v) is 5.55. The molecule has 0 saturated carbocycles. The van der Waals surface area contributed by atoms with Crippen LogP contribution in [0.15, 0.2) is 18.2 Å². The van der Waals surface area contributed by atoms with E-state index in [2.05, 4.69) is 9.97 Å². The molecule has 1 aromatic carbocycles. The zero-order chi connectivity index (χ0) is 13.3. The summed E-state index contributed by atoms with van der Waals surface area (Å²) in [4.78, 5) is 8.73. The Kier molecular flexibility index (Phi) is 3.07. The maximum absolute atomic E-state index is 13.2. The molecule has 0 atom stereocenters. The van der Waals surface area contributed by atoms with Crippen molar-refractivity contribution in [1.29, 1.82) is 5.26 Å². The van der Waals surface area contributed by atoms with E-state index >= 15 is 0 Å². The van der Waals surface area contributed by atoms with Crippen LogP contribution >= 0.6 is 0 Å². The lowest BCUT2D eigenvalue weighted by molar-refractivity contribution is 0.624. The zero-order valence-electron chi connectivity index (χ0n) is 10.5. The Morgan fingerprint density at radius 2 is 1.72 bits per heavy atom. The first kappa shape index (κ1) is 12.2. The van der Waals surface area contributed by atoms with Crippen LogP contribution in [0.1, 0.15) is 22.5 Å². The van der Waals surface area contributed by atoms with Crippen molar-refractivity contribution in [2.45, 2.75) is 20.8 Å². The number of halogens is 1. The summed E-state index contributed by atoms with van der Waals surface area (Å²) in [5.41, 5.74) is 3.48. The minimum atomic E-state index is -0.526. The third kappa shape index (κ3) is 2.07. The molecule has 0 spiro atoms. The van der Waals surface area contributed by atoms with Crippen LogP contribution in [0.3, 0.4) is 0 Å². The topological polar surface area (TPSA) is 49.6 Å². The molecular weight excluding hydrogens is 229 g/mol. The quantitative estimate of drug-likeness (QED) is 0.770. The van der Waals surface area contributed by atoms with Crippen LogP contribution in [0, 0.1) is 37.9 Å². The fourth-order valence-electron chi connectivity index (χ4n) is 1.65. The molecule has 2 rings (SSSR count). The fraction of sp³-hybridized carbons (Fsp3) is 0.214. The van der Waals surface area contributed by atoms with E-state index in [0.717, 1.165) is 17.0 Å². The maximum atomic E-state index is 13.2. The van der Waals surface area contributed by atoms with Gasteiger partial charge in [0, 0.05) is 17.0 Å². The summed E-state index contributed by atoms with van der Waals surface area (Å²) in [5, 5.41) is 8.81. The average Bonchev–Trinajstić information content (AvgIpc) is 2.36. The number of nitriles is 1. The number of nitrogens with zero attached hydrogens (tertiary/aromatic N) is 3. The minimum absolute atomic E-state index is 0.00646. The van der Waals surface area contributed by atoms with Crippen molar-refractivity contribution in [3.8, 4) is 17.5 Å². The van der Waals surface area contributed by atoms with Crippen LogP contribution in [-0.2, 0) is 0 Å². The van der Waals surface area contributed by atoms with E-state index in [1.54, 1.807) is 6.07 Å². The molecule has 0 bridgehead atoms. The Bertz CT molecular complexity index is 634. The van der Waals surface area contributed by atoms with Crippen molar-refractivity contribution in [2.75, 3.05) is 0 Å². The van der Waals surface area contributed by atoms with Gasteiger partial charge in [-0.05, 0) is 44.5 Å². The van der Waals surface area contributed by atoms with Crippen molar-refractivity contribution < 1.29 is 4.39 Å². The molecule has 4 heteroatoms. The van der Waals surface area contributed by atoms with Crippen LogP contribution in [0.5, 0.6) is 0 Å². The molecule has 0 amide bonds. The summed E-state index contributed by atoms with van der Waals surface area (Å²) < 4.78 is 13.2. The molecule has 0 radical (unpaired) electrons. The SMILES string of the molecule is Cc1nc(-c2ccc(F)c(C#N)c2)nc(C)c1C. The van der Waals surface area contributed by atoms with Gasteiger partial charge in [0.2, 0.25) is 0 Å². The van der Waals surface area contributed by atoms with Gasteiger partial charge in [0.25, 0.3) is 0 Å². The van der Waals surface area contributed by atoms with Gasteiger partial charge in [0.15, 0.2) is 5.82 Å². The van der Waals surface area contributed by atoms with Crippen LogP contribution in [-0.4, -0.2) is 9.97 Å². The first-order chi connectivity index (χ1) is 8.52. The van der Waals surface area contributed by atoms with Crippen LogP contribution < -0.4 is 0 Å². The van der Waals surface area contributed by atoms with Crippen molar-refractivity contribution in [3.63, 3.8) is 0 Å². The highest BCUT2D eigenvalue weighted by Crippen LogP contribution is 2.20. The molecule has 0 aliphatic carbocycles. The molecule has 1 aromatic heterocycles. The molecule has 0 aliphatic rings.